The highest BCUT2D eigenvalue weighted by atomic mass is 79.9. The number of nitrogens with one attached hydrogen (secondary N) is 2. The minimum atomic E-state index is -0.388. The van der Waals surface area contributed by atoms with E-state index in [0.717, 1.165) is 4.47 Å². The van der Waals surface area contributed by atoms with Gasteiger partial charge >= 0.3 is 5.97 Å². The van der Waals surface area contributed by atoms with Gasteiger partial charge in [0.15, 0.2) is 11.6 Å². The van der Waals surface area contributed by atoms with Crippen LogP contribution in [0.25, 0.3) is 0 Å². The lowest BCUT2D eigenvalue weighted by atomic mass is 10.2. The van der Waals surface area contributed by atoms with E-state index in [1.807, 2.05) is 6.07 Å². The van der Waals surface area contributed by atoms with E-state index in [1.54, 1.807) is 43.5 Å². The molecular formula is C18H17BrN6O2. The van der Waals surface area contributed by atoms with Crippen molar-refractivity contribution in [3.63, 3.8) is 0 Å². The summed E-state index contributed by atoms with van der Waals surface area (Å²) in [5.41, 5.74) is 7.59. The molecule has 138 valence electrons. The fourth-order valence-corrected chi connectivity index (χ4v) is 2.48. The Morgan fingerprint density at radius 3 is 2.63 bits per heavy atom. The average molecular weight is 429 g/mol. The van der Waals surface area contributed by atoms with Crippen LogP contribution in [0.4, 0.5) is 28.8 Å². The fraction of sp³-hybridized carbons (Fsp3) is 0.111. The number of nitrogens with two attached hydrogens (primary N) is 1. The zero-order chi connectivity index (χ0) is 19.2. The summed E-state index contributed by atoms with van der Waals surface area (Å²) < 4.78 is 5.88. The molecule has 1 aromatic carbocycles. The van der Waals surface area contributed by atoms with Crippen LogP contribution < -0.4 is 16.4 Å². The molecule has 3 rings (SSSR count). The number of carbonyl (C=O) groups excluding carboxylic acids is 1. The lowest BCUT2D eigenvalue weighted by Gasteiger charge is -2.12. The molecule has 0 amide bonds. The molecule has 27 heavy (non-hydrogen) atoms. The maximum atomic E-state index is 11.9. The molecule has 0 aliphatic rings. The second kappa shape index (κ2) is 8.45. The Morgan fingerprint density at radius 2 is 1.93 bits per heavy atom. The van der Waals surface area contributed by atoms with Crippen LogP contribution in [-0.2, 0) is 4.74 Å². The molecule has 0 saturated heterocycles. The van der Waals surface area contributed by atoms with Crippen molar-refractivity contribution < 1.29 is 9.53 Å². The highest BCUT2D eigenvalue weighted by Gasteiger charge is 2.11. The van der Waals surface area contributed by atoms with E-state index >= 15 is 0 Å². The first-order valence-electron chi connectivity index (χ1n) is 8.10. The molecule has 4 N–H and O–H groups in total. The zero-order valence-corrected chi connectivity index (χ0v) is 16.0. The molecule has 0 bridgehead atoms. The van der Waals surface area contributed by atoms with Gasteiger partial charge in [0, 0.05) is 16.4 Å². The van der Waals surface area contributed by atoms with Crippen LogP contribution in [0.3, 0.4) is 0 Å². The van der Waals surface area contributed by atoms with Crippen molar-refractivity contribution in [2.45, 2.75) is 6.92 Å². The van der Waals surface area contributed by atoms with Crippen LogP contribution in [0.15, 0.2) is 53.4 Å². The third-order valence-electron chi connectivity index (χ3n) is 3.49. The van der Waals surface area contributed by atoms with Gasteiger partial charge in [0.2, 0.25) is 0 Å². The summed E-state index contributed by atoms with van der Waals surface area (Å²) >= 11 is 3.34. The quantitative estimate of drug-likeness (QED) is 0.506. The number of hydrogen-bond donors (Lipinski definition) is 3. The second-order valence-corrected chi connectivity index (χ2v) is 6.31. The van der Waals surface area contributed by atoms with Crippen molar-refractivity contribution in [1.29, 1.82) is 0 Å². The van der Waals surface area contributed by atoms with Crippen LogP contribution in [0, 0.1) is 0 Å². The van der Waals surface area contributed by atoms with Gasteiger partial charge in [-0.3, -0.25) is 0 Å². The summed E-state index contributed by atoms with van der Waals surface area (Å²) in [4.78, 5) is 24.4. The van der Waals surface area contributed by atoms with Gasteiger partial charge in [-0.05, 0) is 53.2 Å². The highest BCUT2D eigenvalue weighted by molar-refractivity contribution is 9.10. The monoisotopic (exact) mass is 428 g/mol. The molecule has 8 nitrogen and oxygen atoms in total. The van der Waals surface area contributed by atoms with Gasteiger partial charge in [-0.2, -0.15) is 0 Å². The molecule has 0 spiro atoms. The third-order valence-corrected chi connectivity index (χ3v) is 3.96. The van der Waals surface area contributed by atoms with Crippen LogP contribution in [-0.4, -0.2) is 27.5 Å². The molecule has 0 unspecified atom stereocenters. The van der Waals surface area contributed by atoms with Gasteiger partial charge in [0.05, 0.1) is 12.2 Å². The third kappa shape index (κ3) is 4.70. The van der Waals surface area contributed by atoms with Crippen molar-refractivity contribution >= 4 is 50.7 Å². The number of hydrogen-bond acceptors (Lipinski definition) is 8. The average Bonchev–Trinajstić information content (AvgIpc) is 2.67. The van der Waals surface area contributed by atoms with E-state index in [-0.39, 0.29) is 5.97 Å². The Hall–Kier alpha value is -3.20. The molecular weight excluding hydrogens is 412 g/mol. The molecule has 3 aromatic rings. The van der Waals surface area contributed by atoms with Crippen LogP contribution in [0.5, 0.6) is 0 Å². The summed E-state index contributed by atoms with van der Waals surface area (Å²) in [6, 6.07) is 10.5. The molecule has 0 atom stereocenters. The summed E-state index contributed by atoms with van der Waals surface area (Å²) in [5.74, 6) is 1.04. The lowest BCUT2D eigenvalue weighted by molar-refractivity contribution is 0.0526. The molecule has 0 saturated carbocycles. The lowest BCUT2D eigenvalue weighted by Crippen LogP contribution is -2.07. The Labute approximate surface area is 164 Å². The summed E-state index contributed by atoms with van der Waals surface area (Å²) in [5, 5.41) is 6.14. The van der Waals surface area contributed by atoms with Crippen molar-refractivity contribution in [3.8, 4) is 0 Å². The van der Waals surface area contributed by atoms with Gasteiger partial charge in [-0.15, -0.1) is 0 Å². The molecule has 0 radical (unpaired) electrons. The maximum Gasteiger partial charge on any atom is 0.338 e. The minimum absolute atomic E-state index is 0.314. The Balaban J connectivity index is 1.81. The Bertz CT molecular complexity index is 949. The number of aromatic nitrogens is 3. The number of carbonyl (C=O) groups is 1. The highest BCUT2D eigenvalue weighted by Crippen LogP contribution is 2.28. The van der Waals surface area contributed by atoms with E-state index in [0.29, 0.717) is 41.0 Å². The van der Waals surface area contributed by atoms with E-state index in [4.69, 9.17) is 10.5 Å². The number of nitrogens with zero attached hydrogens (tertiary/aromatic N) is 3. The van der Waals surface area contributed by atoms with E-state index in [2.05, 4.69) is 41.5 Å². The fourth-order valence-electron chi connectivity index (χ4n) is 2.24. The molecule has 0 fully saturated rings. The molecule has 2 heterocycles. The minimum Gasteiger partial charge on any atom is -0.462 e. The summed E-state index contributed by atoms with van der Waals surface area (Å²) in [6.07, 6.45) is 3.05. The first-order chi connectivity index (χ1) is 13.1. The van der Waals surface area contributed by atoms with Crippen LogP contribution in [0.2, 0.25) is 0 Å². The van der Waals surface area contributed by atoms with Gasteiger partial charge < -0.3 is 21.1 Å². The summed E-state index contributed by atoms with van der Waals surface area (Å²) in [6.45, 7) is 2.07. The Morgan fingerprint density at radius 1 is 1.15 bits per heavy atom. The SMILES string of the molecule is CCOC(=O)c1cccc(Nc2ncnc(Nc3ccc(Br)cn3)c2N)c1. The van der Waals surface area contributed by atoms with Crippen molar-refractivity contribution in [1.82, 2.24) is 15.0 Å². The number of rotatable bonds is 6. The van der Waals surface area contributed by atoms with E-state index in [9.17, 15) is 4.79 Å². The van der Waals surface area contributed by atoms with E-state index in [1.165, 1.54) is 6.33 Å². The predicted octanol–water partition coefficient (Wildman–Crippen LogP) is 3.88. The van der Waals surface area contributed by atoms with Crippen molar-refractivity contribution in [3.05, 3.63) is 59.0 Å². The summed E-state index contributed by atoms with van der Waals surface area (Å²) in [7, 11) is 0. The Kier molecular flexibility index (Phi) is 5.82. The number of ether oxygens (including phenoxy) is 1. The van der Waals surface area contributed by atoms with Gasteiger partial charge in [0.1, 0.15) is 17.8 Å². The van der Waals surface area contributed by atoms with Crippen LogP contribution in [0.1, 0.15) is 17.3 Å². The number of halogens is 1. The molecule has 0 aliphatic heterocycles. The zero-order valence-electron chi connectivity index (χ0n) is 14.4. The van der Waals surface area contributed by atoms with Gasteiger partial charge in [-0.1, -0.05) is 6.07 Å². The standard InChI is InChI=1S/C18H17BrN6O2/c1-2-27-18(26)11-4-3-5-13(8-11)24-16-15(20)17(23-10-22-16)25-14-7-6-12(19)9-21-14/h3-10H,2,20H2,1H3,(H2,21,22,23,24,25). The molecule has 9 heteroatoms. The predicted molar refractivity (Wildman–Crippen MR) is 107 cm³/mol. The number of anilines is 5. The normalized spacial score (nSPS) is 10.3. The largest absolute Gasteiger partial charge is 0.462 e. The first kappa shape index (κ1) is 18.6. The molecule has 0 aliphatic carbocycles. The van der Waals surface area contributed by atoms with Crippen molar-refractivity contribution in [2.24, 2.45) is 0 Å². The van der Waals surface area contributed by atoms with Crippen molar-refractivity contribution in [2.75, 3.05) is 23.0 Å². The second-order valence-electron chi connectivity index (χ2n) is 5.40. The van der Waals surface area contributed by atoms with Crippen LogP contribution >= 0.6 is 15.9 Å². The first-order valence-corrected chi connectivity index (χ1v) is 8.89. The van der Waals surface area contributed by atoms with E-state index < -0.39 is 0 Å². The molecule has 2 aromatic heterocycles. The number of pyridine rings is 1. The van der Waals surface area contributed by atoms with Gasteiger partial charge in [0.25, 0.3) is 0 Å². The smallest absolute Gasteiger partial charge is 0.338 e. The topological polar surface area (TPSA) is 115 Å². The maximum absolute atomic E-state index is 11.9. The number of benzene rings is 1. The van der Waals surface area contributed by atoms with Gasteiger partial charge in [-0.25, -0.2) is 19.7 Å². The number of nitrogen functional groups attached to an aromatic ring is 1. The number of esters is 1.